The minimum absolute atomic E-state index is 0.204. The third-order valence-electron chi connectivity index (χ3n) is 3.81. The Morgan fingerprint density at radius 1 is 1.33 bits per heavy atom. The van der Waals surface area contributed by atoms with E-state index in [4.69, 9.17) is 4.84 Å². The Morgan fingerprint density at radius 3 is 2.63 bits per heavy atom. The summed E-state index contributed by atoms with van der Waals surface area (Å²) >= 11 is 0. The number of hydrogen-bond donors (Lipinski definition) is 1. The van der Waals surface area contributed by atoms with Crippen LogP contribution in [0.5, 0.6) is 0 Å². The van der Waals surface area contributed by atoms with Crippen LogP contribution < -0.4 is 5.32 Å². The fourth-order valence-corrected chi connectivity index (χ4v) is 2.11. The fourth-order valence-electron chi connectivity index (χ4n) is 2.11. The number of aromatic nitrogens is 2. The maximum Gasteiger partial charge on any atom is 0.471 e. The third-order valence-corrected chi connectivity index (χ3v) is 3.81. The highest BCUT2D eigenvalue weighted by molar-refractivity contribution is 5.97. The summed E-state index contributed by atoms with van der Waals surface area (Å²) in [7, 11) is 0. The number of alkyl halides is 3. The summed E-state index contributed by atoms with van der Waals surface area (Å²) in [6.45, 7) is 2.56. The van der Waals surface area contributed by atoms with Gasteiger partial charge in [-0.05, 0) is 37.8 Å². The van der Waals surface area contributed by atoms with Crippen molar-refractivity contribution < 1.29 is 27.3 Å². The van der Waals surface area contributed by atoms with Crippen molar-refractivity contribution in [2.75, 3.05) is 13.2 Å². The molecule has 27 heavy (non-hydrogen) atoms. The summed E-state index contributed by atoms with van der Waals surface area (Å²) in [5.41, 5.74) is 1.27. The lowest BCUT2D eigenvalue weighted by molar-refractivity contribution is -0.159. The molecule has 3 rings (SSSR count). The molecule has 10 heteroatoms. The molecule has 1 amide bonds. The summed E-state index contributed by atoms with van der Waals surface area (Å²) in [6, 6.07) is 5.81. The van der Waals surface area contributed by atoms with Gasteiger partial charge >= 0.3 is 12.1 Å². The predicted octanol–water partition coefficient (Wildman–Crippen LogP) is 3.29. The van der Waals surface area contributed by atoms with Gasteiger partial charge in [0.2, 0.25) is 5.82 Å². The second-order valence-corrected chi connectivity index (χ2v) is 6.25. The van der Waals surface area contributed by atoms with E-state index in [-0.39, 0.29) is 18.3 Å². The first-order valence-corrected chi connectivity index (χ1v) is 8.28. The Morgan fingerprint density at radius 2 is 2.04 bits per heavy atom. The van der Waals surface area contributed by atoms with Crippen molar-refractivity contribution in [3.63, 3.8) is 0 Å². The lowest BCUT2D eigenvalue weighted by Gasteiger charge is -2.05. The topological polar surface area (TPSA) is 89.6 Å². The number of carbonyl (C=O) groups excluding carboxylic acids is 1. The van der Waals surface area contributed by atoms with Crippen molar-refractivity contribution in [2.24, 2.45) is 11.1 Å². The van der Waals surface area contributed by atoms with Gasteiger partial charge in [0, 0.05) is 11.1 Å². The number of halogens is 3. The van der Waals surface area contributed by atoms with E-state index in [1.807, 2.05) is 0 Å². The highest BCUT2D eigenvalue weighted by Crippen LogP contribution is 2.29. The van der Waals surface area contributed by atoms with Crippen LogP contribution in [0.4, 0.5) is 13.2 Å². The fraction of sp³-hybridized carbons (Fsp3) is 0.412. The Kier molecular flexibility index (Phi) is 5.43. The maximum atomic E-state index is 12.5. The average molecular weight is 382 g/mol. The Labute approximate surface area is 152 Å². The van der Waals surface area contributed by atoms with Crippen LogP contribution in [0.25, 0.3) is 11.4 Å². The van der Waals surface area contributed by atoms with Gasteiger partial charge in [0.15, 0.2) is 0 Å². The molecule has 1 heterocycles. The van der Waals surface area contributed by atoms with Crippen LogP contribution in [0.15, 0.2) is 33.9 Å². The van der Waals surface area contributed by atoms with E-state index >= 15 is 0 Å². The zero-order chi connectivity index (χ0) is 19.4. The molecule has 1 aliphatic rings. The summed E-state index contributed by atoms with van der Waals surface area (Å²) in [4.78, 5) is 20.6. The monoisotopic (exact) mass is 382 g/mol. The third kappa shape index (κ3) is 5.28. The van der Waals surface area contributed by atoms with Gasteiger partial charge in [0.05, 0.1) is 12.3 Å². The zero-order valence-electron chi connectivity index (χ0n) is 14.4. The minimum Gasteiger partial charge on any atom is -0.396 e. The lowest BCUT2D eigenvalue weighted by Crippen LogP contribution is -2.28. The van der Waals surface area contributed by atoms with Gasteiger partial charge in [0.1, 0.15) is 6.61 Å². The van der Waals surface area contributed by atoms with E-state index in [2.05, 4.69) is 25.1 Å². The van der Waals surface area contributed by atoms with Crippen LogP contribution in [-0.2, 0) is 11.0 Å². The van der Waals surface area contributed by atoms with Crippen molar-refractivity contribution in [1.29, 1.82) is 0 Å². The number of oxime groups is 1. The van der Waals surface area contributed by atoms with Gasteiger partial charge in [0.25, 0.3) is 5.91 Å². The molecule has 144 valence electrons. The number of benzene rings is 1. The average Bonchev–Trinajstić information content (AvgIpc) is 3.31. The van der Waals surface area contributed by atoms with Gasteiger partial charge in [-0.3, -0.25) is 4.79 Å². The summed E-state index contributed by atoms with van der Waals surface area (Å²) in [6.07, 6.45) is -2.36. The number of nitrogens with one attached hydrogen (secondary N) is 1. The van der Waals surface area contributed by atoms with E-state index < -0.39 is 12.1 Å². The molecule has 0 aliphatic heterocycles. The standard InChI is InChI=1S/C17H17F3N4O3/c1-10(23-26-9-11-2-3-11)8-21-15(25)13-6-4-12(5-7-13)14-22-16(27-24-14)17(18,19)20/h4-7,11H,2-3,8-9H2,1H3,(H,21,25). The van der Waals surface area contributed by atoms with Crippen molar-refractivity contribution in [2.45, 2.75) is 25.9 Å². The molecular formula is C17H17F3N4O3. The molecule has 0 unspecified atom stereocenters. The van der Waals surface area contributed by atoms with Crippen LogP contribution in [0.1, 0.15) is 36.0 Å². The Balaban J connectivity index is 1.54. The Hall–Kier alpha value is -2.91. The van der Waals surface area contributed by atoms with Crippen molar-refractivity contribution in [3.8, 4) is 11.4 Å². The molecule has 0 saturated heterocycles. The normalized spacial score (nSPS) is 14.9. The second-order valence-electron chi connectivity index (χ2n) is 6.25. The first-order valence-electron chi connectivity index (χ1n) is 8.28. The second kappa shape index (κ2) is 7.77. The van der Waals surface area contributed by atoms with Gasteiger partial charge in [-0.15, -0.1) is 0 Å². The van der Waals surface area contributed by atoms with Crippen LogP contribution in [-0.4, -0.2) is 34.9 Å². The van der Waals surface area contributed by atoms with Gasteiger partial charge in [-0.1, -0.05) is 22.4 Å². The zero-order valence-corrected chi connectivity index (χ0v) is 14.4. The van der Waals surface area contributed by atoms with Crippen molar-refractivity contribution in [1.82, 2.24) is 15.5 Å². The number of rotatable bonds is 7. The van der Waals surface area contributed by atoms with Crippen LogP contribution in [0.2, 0.25) is 0 Å². The molecule has 1 aromatic carbocycles. The molecule has 0 radical (unpaired) electrons. The molecule has 1 N–H and O–H groups in total. The molecule has 1 aliphatic carbocycles. The first kappa shape index (κ1) is 18.9. The molecule has 1 aromatic heterocycles. The molecule has 1 saturated carbocycles. The van der Waals surface area contributed by atoms with Crippen LogP contribution in [0.3, 0.4) is 0 Å². The summed E-state index contributed by atoms with van der Waals surface area (Å²) in [5.74, 6) is -1.37. The van der Waals surface area contributed by atoms with Gasteiger partial charge < -0.3 is 14.7 Å². The molecule has 2 aromatic rings. The Bertz CT molecular complexity index is 827. The predicted molar refractivity (Wildman–Crippen MR) is 88.9 cm³/mol. The quantitative estimate of drug-likeness (QED) is 0.586. The first-order chi connectivity index (χ1) is 12.8. The largest absolute Gasteiger partial charge is 0.471 e. The maximum absolute atomic E-state index is 12.5. The van der Waals surface area contributed by atoms with Crippen molar-refractivity contribution in [3.05, 3.63) is 35.7 Å². The van der Waals surface area contributed by atoms with E-state index in [1.165, 1.54) is 37.1 Å². The summed E-state index contributed by atoms with van der Waals surface area (Å²) in [5, 5.41) is 9.91. The SMILES string of the molecule is CC(CNC(=O)c1ccc(-c2noc(C(F)(F)F)n2)cc1)=NOCC1CC1. The number of amides is 1. The van der Waals surface area contributed by atoms with Crippen LogP contribution in [0, 0.1) is 5.92 Å². The minimum atomic E-state index is -4.70. The molecule has 0 spiro atoms. The van der Waals surface area contributed by atoms with Crippen molar-refractivity contribution >= 4 is 11.6 Å². The van der Waals surface area contributed by atoms with E-state index in [1.54, 1.807) is 6.92 Å². The van der Waals surface area contributed by atoms with E-state index in [0.717, 1.165) is 0 Å². The molecular weight excluding hydrogens is 365 g/mol. The number of carbonyl (C=O) groups is 1. The number of hydrogen-bond acceptors (Lipinski definition) is 6. The molecule has 1 fully saturated rings. The number of nitrogens with zero attached hydrogens (tertiary/aromatic N) is 3. The van der Waals surface area contributed by atoms with Gasteiger partial charge in [-0.25, -0.2) is 0 Å². The molecule has 0 bridgehead atoms. The highest BCUT2D eigenvalue weighted by atomic mass is 19.4. The van der Waals surface area contributed by atoms with E-state index in [0.29, 0.717) is 29.4 Å². The lowest BCUT2D eigenvalue weighted by atomic mass is 10.1. The molecule has 0 atom stereocenters. The highest BCUT2D eigenvalue weighted by Gasteiger charge is 2.38. The molecule has 7 nitrogen and oxygen atoms in total. The van der Waals surface area contributed by atoms with Gasteiger partial charge in [-0.2, -0.15) is 18.2 Å². The van der Waals surface area contributed by atoms with Crippen LogP contribution >= 0.6 is 0 Å². The smallest absolute Gasteiger partial charge is 0.396 e. The van der Waals surface area contributed by atoms with E-state index in [9.17, 15) is 18.0 Å². The summed E-state index contributed by atoms with van der Waals surface area (Å²) < 4.78 is 41.7.